The molecule has 3 unspecified atom stereocenters. The van der Waals surface area contributed by atoms with Crippen LogP contribution < -0.4 is 5.69 Å². The number of likely N-dealkylation sites (tertiary alicyclic amines) is 1. The first-order valence-electron chi connectivity index (χ1n) is 9.84. The summed E-state index contributed by atoms with van der Waals surface area (Å²) in [4.78, 5) is 15.2. The standard InChI is InChI=1S/C22H23Cl2N3O/c1-25-20-7-6-17(24)11-21(20)27(22(25)28)9-8-26-12-15-10-18(19(15)13-26)14-2-4-16(23)5-3-14/h2-7,11,15,18-19H,8-10,12-13H2,1H3. The molecule has 0 bridgehead atoms. The summed E-state index contributed by atoms with van der Waals surface area (Å²) in [6, 6.07) is 14.0. The zero-order valence-electron chi connectivity index (χ0n) is 15.8. The van der Waals surface area contributed by atoms with Gasteiger partial charge in [-0.25, -0.2) is 4.79 Å². The van der Waals surface area contributed by atoms with E-state index in [1.165, 1.54) is 12.0 Å². The molecule has 1 aliphatic carbocycles. The Morgan fingerprint density at radius 3 is 2.50 bits per heavy atom. The number of rotatable bonds is 4. The molecule has 1 saturated carbocycles. The number of fused-ring (bicyclic) bond motifs is 2. The van der Waals surface area contributed by atoms with Crippen LogP contribution in [0.25, 0.3) is 11.0 Å². The first kappa shape index (κ1) is 18.3. The van der Waals surface area contributed by atoms with Gasteiger partial charge in [-0.05, 0) is 60.1 Å². The molecule has 1 aromatic heterocycles. The number of hydrogen-bond acceptors (Lipinski definition) is 2. The highest BCUT2D eigenvalue weighted by atomic mass is 35.5. The fraction of sp³-hybridized carbons (Fsp3) is 0.409. The van der Waals surface area contributed by atoms with Crippen LogP contribution in [0.4, 0.5) is 0 Å². The monoisotopic (exact) mass is 415 g/mol. The van der Waals surface area contributed by atoms with E-state index in [0.717, 1.165) is 47.5 Å². The van der Waals surface area contributed by atoms with Gasteiger partial charge in [0, 0.05) is 43.3 Å². The van der Waals surface area contributed by atoms with Gasteiger partial charge < -0.3 is 4.90 Å². The number of benzene rings is 2. The molecule has 0 amide bonds. The van der Waals surface area contributed by atoms with Crippen molar-refractivity contribution in [1.29, 1.82) is 0 Å². The summed E-state index contributed by atoms with van der Waals surface area (Å²) in [6.45, 7) is 3.83. The van der Waals surface area contributed by atoms with Gasteiger partial charge in [-0.3, -0.25) is 9.13 Å². The summed E-state index contributed by atoms with van der Waals surface area (Å²) in [6.07, 6.45) is 1.26. The lowest BCUT2D eigenvalue weighted by atomic mass is 9.64. The molecule has 2 aliphatic rings. The molecule has 6 heteroatoms. The Morgan fingerprint density at radius 1 is 0.964 bits per heavy atom. The van der Waals surface area contributed by atoms with Crippen LogP contribution in [-0.4, -0.2) is 33.7 Å². The molecule has 0 radical (unpaired) electrons. The lowest BCUT2D eigenvalue weighted by Gasteiger charge is -2.40. The Balaban J connectivity index is 1.29. The van der Waals surface area contributed by atoms with E-state index in [4.69, 9.17) is 23.2 Å². The fourth-order valence-electron chi connectivity index (χ4n) is 5.12. The van der Waals surface area contributed by atoms with Gasteiger partial charge in [-0.1, -0.05) is 35.3 Å². The van der Waals surface area contributed by atoms with Crippen LogP contribution in [-0.2, 0) is 13.6 Å². The van der Waals surface area contributed by atoms with Crippen LogP contribution in [0.3, 0.4) is 0 Å². The molecule has 28 heavy (non-hydrogen) atoms. The summed E-state index contributed by atoms with van der Waals surface area (Å²) < 4.78 is 3.56. The van der Waals surface area contributed by atoms with E-state index in [2.05, 4.69) is 17.0 Å². The molecule has 0 N–H and O–H groups in total. The lowest BCUT2D eigenvalue weighted by molar-refractivity contribution is 0.191. The van der Waals surface area contributed by atoms with Crippen LogP contribution in [0.5, 0.6) is 0 Å². The molecular formula is C22H23Cl2N3O. The second-order valence-corrected chi connectivity index (χ2v) is 9.08. The fourth-order valence-corrected chi connectivity index (χ4v) is 5.41. The van der Waals surface area contributed by atoms with E-state index >= 15 is 0 Å². The van der Waals surface area contributed by atoms with Crippen LogP contribution in [0.1, 0.15) is 17.9 Å². The number of hydrogen-bond donors (Lipinski definition) is 0. The van der Waals surface area contributed by atoms with Crippen molar-refractivity contribution >= 4 is 34.2 Å². The molecular weight excluding hydrogens is 393 g/mol. The van der Waals surface area contributed by atoms with Crippen molar-refractivity contribution in [1.82, 2.24) is 14.0 Å². The second-order valence-electron chi connectivity index (χ2n) is 8.20. The quantitative estimate of drug-likeness (QED) is 0.632. The van der Waals surface area contributed by atoms with E-state index < -0.39 is 0 Å². The average Bonchev–Trinajstić information content (AvgIpc) is 3.10. The molecule has 5 rings (SSSR count). The third-order valence-electron chi connectivity index (χ3n) is 6.69. The SMILES string of the molecule is Cn1c(=O)n(CCN2CC3CC(c4ccc(Cl)cc4)C3C2)c2cc(Cl)ccc21. The summed E-state index contributed by atoms with van der Waals surface area (Å²) in [5.41, 5.74) is 3.28. The van der Waals surface area contributed by atoms with Gasteiger partial charge in [0.1, 0.15) is 0 Å². The molecule has 1 aliphatic heterocycles. The number of aryl methyl sites for hydroxylation is 1. The van der Waals surface area contributed by atoms with E-state index in [0.29, 0.717) is 17.5 Å². The van der Waals surface area contributed by atoms with E-state index in [1.54, 1.807) is 4.57 Å². The summed E-state index contributed by atoms with van der Waals surface area (Å²) >= 11 is 12.2. The molecule has 2 fully saturated rings. The maximum absolute atomic E-state index is 12.7. The summed E-state index contributed by atoms with van der Waals surface area (Å²) in [5.74, 6) is 2.14. The Kier molecular flexibility index (Phi) is 4.53. The normalized spacial score (nSPS) is 24.5. The van der Waals surface area contributed by atoms with Crippen molar-refractivity contribution < 1.29 is 0 Å². The average molecular weight is 416 g/mol. The van der Waals surface area contributed by atoms with Crippen LogP contribution in [0.15, 0.2) is 47.3 Å². The predicted octanol–water partition coefficient (Wildman–Crippen LogP) is 4.38. The smallest absolute Gasteiger partial charge is 0.301 e. The summed E-state index contributed by atoms with van der Waals surface area (Å²) in [7, 11) is 1.82. The van der Waals surface area contributed by atoms with Crippen molar-refractivity contribution in [3.8, 4) is 0 Å². The maximum atomic E-state index is 12.7. The van der Waals surface area contributed by atoms with E-state index in [9.17, 15) is 4.79 Å². The van der Waals surface area contributed by atoms with Crippen molar-refractivity contribution in [2.24, 2.45) is 18.9 Å². The van der Waals surface area contributed by atoms with Crippen molar-refractivity contribution in [2.75, 3.05) is 19.6 Å². The second kappa shape index (κ2) is 6.94. The summed E-state index contributed by atoms with van der Waals surface area (Å²) in [5, 5.41) is 1.46. The minimum absolute atomic E-state index is 0.0264. The van der Waals surface area contributed by atoms with Crippen molar-refractivity contribution in [2.45, 2.75) is 18.9 Å². The van der Waals surface area contributed by atoms with Gasteiger partial charge in [0.05, 0.1) is 11.0 Å². The minimum atomic E-state index is 0.0264. The lowest BCUT2D eigenvalue weighted by Crippen LogP contribution is -2.33. The third kappa shape index (κ3) is 2.99. The Bertz CT molecular complexity index is 1090. The predicted molar refractivity (Wildman–Crippen MR) is 114 cm³/mol. The number of nitrogens with zero attached hydrogens (tertiary/aromatic N) is 3. The zero-order valence-corrected chi connectivity index (χ0v) is 17.3. The highest BCUT2D eigenvalue weighted by molar-refractivity contribution is 6.31. The highest BCUT2D eigenvalue weighted by Crippen LogP contribution is 2.51. The maximum Gasteiger partial charge on any atom is 0.328 e. The molecule has 146 valence electrons. The van der Waals surface area contributed by atoms with Gasteiger partial charge in [-0.2, -0.15) is 0 Å². The Morgan fingerprint density at radius 2 is 1.71 bits per heavy atom. The number of imidazole rings is 1. The van der Waals surface area contributed by atoms with Crippen LogP contribution in [0.2, 0.25) is 10.0 Å². The first-order valence-corrected chi connectivity index (χ1v) is 10.6. The van der Waals surface area contributed by atoms with Gasteiger partial charge >= 0.3 is 5.69 Å². The van der Waals surface area contributed by atoms with Crippen molar-refractivity contribution in [3.05, 3.63) is 68.6 Å². The van der Waals surface area contributed by atoms with E-state index in [-0.39, 0.29) is 5.69 Å². The molecule has 3 aromatic rings. The van der Waals surface area contributed by atoms with Gasteiger partial charge in [0.2, 0.25) is 0 Å². The van der Waals surface area contributed by atoms with Gasteiger partial charge in [0.25, 0.3) is 0 Å². The van der Waals surface area contributed by atoms with Gasteiger partial charge in [0.15, 0.2) is 0 Å². The van der Waals surface area contributed by atoms with Crippen LogP contribution >= 0.6 is 23.2 Å². The van der Waals surface area contributed by atoms with Crippen molar-refractivity contribution in [3.63, 3.8) is 0 Å². The molecule has 4 nitrogen and oxygen atoms in total. The van der Waals surface area contributed by atoms with Gasteiger partial charge in [-0.15, -0.1) is 0 Å². The highest BCUT2D eigenvalue weighted by Gasteiger charge is 2.47. The molecule has 2 heterocycles. The topological polar surface area (TPSA) is 30.2 Å². The minimum Gasteiger partial charge on any atom is -0.301 e. The Hall–Kier alpha value is -1.75. The number of halogens is 2. The Labute approximate surface area is 174 Å². The molecule has 2 aromatic carbocycles. The zero-order chi connectivity index (χ0) is 19.4. The van der Waals surface area contributed by atoms with Crippen LogP contribution in [0, 0.1) is 11.8 Å². The first-order chi connectivity index (χ1) is 13.5. The molecule has 3 atom stereocenters. The largest absolute Gasteiger partial charge is 0.328 e. The number of aromatic nitrogens is 2. The molecule has 1 saturated heterocycles. The third-order valence-corrected chi connectivity index (χ3v) is 7.17. The van der Waals surface area contributed by atoms with E-state index in [1.807, 2.05) is 41.9 Å². The molecule has 0 spiro atoms.